The van der Waals surface area contributed by atoms with Crippen LogP contribution in [0.25, 0.3) is 0 Å². The molecule has 0 spiro atoms. The van der Waals surface area contributed by atoms with Crippen molar-refractivity contribution in [1.82, 2.24) is 15.4 Å². The van der Waals surface area contributed by atoms with Crippen LogP contribution in [0, 0.1) is 6.92 Å². The summed E-state index contributed by atoms with van der Waals surface area (Å²) in [5.74, 6) is 1.04. The van der Waals surface area contributed by atoms with Crippen LogP contribution in [0.15, 0.2) is 18.3 Å². The van der Waals surface area contributed by atoms with E-state index in [0.717, 1.165) is 24.3 Å². The Bertz CT molecular complexity index is 583. The first kappa shape index (κ1) is 15.5. The number of benzene rings is 1. The molecule has 0 bridgehead atoms. The van der Waals surface area contributed by atoms with Crippen LogP contribution >= 0.6 is 0 Å². The van der Waals surface area contributed by atoms with E-state index < -0.39 is 0 Å². The summed E-state index contributed by atoms with van der Waals surface area (Å²) < 4.78 is 5.98. The summed E-state index contributed by atoms with van der Waals surface area (Å²) >= 11 is 0. The fourth-order valence-electron chi connectivity index (χ4n) is 2.51. The van der Waals surface area contributed by atoms with Gasteiger partial charge >= 0.3 is 0 Å². The van der Waals surface area contributed by atoms with Gasteiger partial charge in [-0.2, -0.15) is 15.4 Å². The molecule has 0 amide bonds. The van der Waals surface area contributed by atoms with Crippen molar-refractivity contribution in [2.75, 3.05) is 6.61 Å². The third-order valence-corrected chi connectivity index (χ3v) is 3.52. The largest absolute Gasteiger partial charge is 0.493 e. The molecule has 0 saturated heterocycles. The fourth-order valence-corrected chi connectivity index (χ4v) is 2.51. The van der Waals surface area contributed by atoms with Crippen LogP contribution in [-0.4, -0.2) is 22.0 Å². The molecule has 0 radical (unpaired) electrons. The Morgan fingerprint density at radius 1 is 1.19 bits per heavy atom. The second-order valence-electron chi connectivity index (χ2n) is 6.45. The molecule has 0 unspecified atom stereocenters. The lowest BCUT2D eigenvalue weighted by molar-refractivity contribution is 0.326. The smallest absolute Gasteiger partial charge is 0.126 e. The van der Waals surface area contributed by atoms with Crippen molar-refractivity contribution < 1.29 is 4.74 Å². The maximum Gasteiger partial charge on any atom is 0.126 e. The molecule has 2 aromatic rings. The summed E-state index contributed by atoms with van der Waals surface area (Å²) in [5.41, 5.74) is 4.86. The lowest BCUT2D eigenvalue weighted by atomic mass is 9.83. The zero-order valence-corrected chi connectivity index (χ0v) is 13.7. The molecule has 114 valence electrons. The molecule has 0 atom stereocenters. The van der Waals surface area contributed by atoms with Crippen LogP contribution in [0.4, 0.5) is 0 Å². The SMILES string of the molecule is CCOc1c(CCc2cn[nH]n2)cc(C)cc1C(C)(C)C. The summed E-state index contributed by atoms with van der Waals surface area (Å²) in [6.45, 7) is 11.5. The molecule has 4 nitrogen and oxygen atoms in total. The highest BCUT2D eigenvalue weighted by atomic mass is 16.5. The lowest BCUT2D eigenvalue weighted by Gasteiger charge is -2.25. The van der Waals surface area contributed by atoms with E-state index in [2.05, 4.69) is 55.2 Å². The minimum atomic E-state index is 0.0686. The first-order valence-electron chi connectivity index (χ1n) is 7.53. The van der Waals surface area contributed by atoms with Crippen molar-refractivity contribution in [3.8, 4) is 5.75 Å². The first-order valence-corrected chi connectivity index (χ1v) is 7.53. The molecule has 1 aromatic heterocycles. The summed E-state index contributed by atoms with van der Waals surface area (Å²) in [6.07, 6.45) is 3.55. The highest BCUT2D eigenvalue weighted by molar-refractivity contribution is 5.48. The van der Waals surface area contributed by atoms with E-state index in [1.54, 1.807) is 6.20 Å². The van der Waals surface area contributed by atoms with E-state index in [1.165, 1.54) is 16.7 Å². The van der Waals surface area contributed by atoms with E-state index in [-0.39, 0.29) is 5.41 Å². The van der Waals surface area contributed by atoms with Crippen LogP contribution in [0.2, 0.25) is 0 Å². The highest BCUT2D eigenvalue weighted by Crippen LogP contribution is 2.36. The van der Waals surface area contributed by atoms with Gasteiger partial charge in [0.15, 0.2) is 0 Å². The number of aromatic nitrogens is 3. The molecule has 4 heteroatoms. The molecule has 21 heavy (non-hydrogen) atoms. The van der Waals surface area contributed by atoms with Gasteiger partial charge in [0.1, 0.15) is 5.75 Å². The van der Waals surface area contributed by atoms with Crippen LogP contribution in [0.3, 0.4) is 0 Å². The van der Waals surface area contributed by atoms with Gasteiger partial charge in [-0.25, -0.2) is 0 Å². The molecule has 0 aliphatic rings. The number of rotatable bonds is 5. The molecule has 1 heterocycles. The predicted molar refractivity (Wildman–Crippen MR) is 84.8 cm³/mol. The Labute approximate surface area is 126 Å². The molecular weight excluding hydrogens is 262 g/mol. The second-order valence-corrected chi connectivity index (χ2v) is 6.45. The zero-order chi connectivity index (χ0) is 15.5. The van der Waals surface area contributed by atoms with Crippen LogP contribution < -0.4 is 4.74 Å². The summed E-state index contributed by atoms with van der Waals surface area (Å²) in [4.78, 5) is 0. The number of H-pyrrole nitrogens is 1. The number of aryl methyl sites for hydroxylation is 3. The Hall–Kier alpha value is -1.84. The van der Waals surface area contributed by atoms with Gasteiger partial charge in [-0.05, 0) is 37.7 Å². The first-order chi connectivity index (χ1) is 9.91. The number of aromatic amines is 1. The van der Waals surface area contributed by atoms with E-state index in [1.807, 2.05) is 6.92 Å². The number of nitrogens with one attached hydrogen (secondary N) is 1. The number of hydrogen-bond acceptors (Lipinski definition) is 3. The average molecular weight is 287 g/mol. The third-order valence-electron chi connectivity index (χ3n) is 3.52. The molecule has 0 aliphatic heterocycles. The lowest BCUT2D eigenvalue weighted by Crippen LogP contribution is -2.15. The molecular formula is C17H25N3O. The predicted octanol–water partition coefficient (Wildman–Crippen LogP) is 3.59. The molecule has 2 rings (SSSR count). The Morgan fingerprint density at radius 2 is 1.95 bits per heavy atom. The van der Waals surface area contributed by atoms with E-state index >= 15 is 0 Å². The van der Waals surface area contributed by atoms with Crippen molar-refractivity contribution >= 4 is 0 Å². The minimum absolute atomic E-state index is 0.0686. The zero-order valence-electron chi connectivity index (χ0n) is 13.7. The molecule has 1 aromatic carbocycles. The fraction of sp³-hybridized carbons (Fsp3) is 0.529. The molecule has 1 N–H and O–H groups in total. The van der Waals surface area contributed by atoms with Crippen molar-refractivity contribution in [2.45, 2.75) is 52.9 Å². The molecule has 0 aliphatic carbocycles. The standard InChI is InChI=1S/C17H25N3O/c1-6-21-16-13(7-8-14-11-18-20-19-14)9-12(2)10-15(16)17(3,4)5/h9-11H,6-8H2,1-5H3,(H,18,19,20). The average Bonchev–Trinajstić information content (AvgIpc) is 2.90. The Kier molecular flexibility index (Phi) is 4.66. The van der Waals surface area contributed by atoms with Crippen molar-refractivity contribution in [3.05, 3.63) is 40.7 Å². The quantitative estimate of drug-likeness (QED) is 0.914. The molecule has 0 fully saturated rings. The van der Waals surface area contributed by atoms with Gasteiger partial charge in [-0.15, -0.1) is 0 Å². The van der Waals surface area contributed by atoms with Crippen molar-refractivity contribution in [3.63, 3.8) is 0 Å². The molecule has 0 saturated carbocycles. The monoisotopic (exact) mass is 287 g/mol. The van der Waals surface area contributed by atoms with Gasteiger partial charge in [-0.3, -0.25) is 0 Å². The van der Waals surface area contributed by atoms with E-state index in [0.29, 0.717) is 6.61 Å². The van der Waals surface area contributed by atoms with Gasteiger partial charge in [0.05, 0.1) is 18.5 Å². The van der Waals surface area contributed by atoms with E-state index in [9.17, 15) is 0 Å². The van der Waals surface area contributed by atoms with Crippen LogP contribution in [-0.2, 0) is 18.3 Å². The third kappa shape index (κ3) is 3.84. The number of nitrogens with zero attached hydrogens (tertiary/aromatic N) is 2. The minimum Gasteiger partial charge on any atom is -0.493 e. The number of ether oxygens (including phenoxy) is 1. The van der Waals surface area contributed by atoms with Crippen LogP contribution in [0.5, 0.6) is 5.75 Å². The maximum atomic E-state index is 5.98. The second kappa shape index (κ2) is 6.29. The van der Waals surface area contributed by atoms with Gasteiger partial charge in [0, 0.05) is 5.56 Å². The van der Waals surface area contributed by atoms with Crippen LogP contribution in [0.1, 0.15) is 50.1 Å². The van der Waals surface area contributed by atoms with E-state index in [4.69, 9.17) is 4.74 Å². The summed E-state index contributed by atoms with van der Waals surface area (Å²) in [6, 6.07) is 4.46. The normalized spacial score (nSPS) is 11.7. The summed E-state index contributed by atoms with van der Waals surface area (Å²) in [5, 5.41) is 10.6. The van der Waals surface area contributed by atoms with Gasteiger partial charge in [0.25, 0.3) is 0 Å². The van der Waals surface area contributed by atoms with Gasteiger partial charge in [0.2, 0.25) is 0 Å². The maximum absolute atomic E-state index is 5.98. The van der Waals surface area contributed by atoms with Crippen molar-refractivity contribution in [2.24, 2.45) is 0 Å². The Balaban J connectivity index is 2.36. The Morgan fingerprint density at radius 3 is 2.52 bits per heavy atom. The van der Waals surface area contributed by atoms with Gasteiger partial charge < -0.3 is 4.74 Å². The summed E-state index contributed by atoms with van der Waals surface area (Å²) in [7, 11) is 0. The topological polar surface area (TPSA) is 50.8 Å². The van der Waals surface area contributed by atoms with Crippen molar-refractivity contribution in [1.29, 1.82) is 0 Å². The van der Waals surface area contributed by atoms with Gasteiger partial charge in [-0.1, -0.05) is 38.5 Å². The number of hydrogen-bond donors (Lipinski definition) is 1. The highest BCUT2D eigenvalue weighted by Gasteiger charge is 2.22.